The van der Waals surface area contributed by atoms with Crippen molar-refractivity contribution < 1.29 is 19.2 Å². The molecular formula is C9H13NO4. The Morgan fingerprint density at radius 3 is 3.07 bits per heavy atom. The minimum Gasteiger partial charge on any atom is -0.481 e. The van der Waals surface area contributed by atoms with Gasteiger partial charge in [-0.1, -0.05) is 6.92 Å². The second-order valence-electron chi connectivity index (χ2n) is 3.04. The van der Waals surface area contributed by atoms with E-state index in [-0.39, 0.29) is 12.5 Å². The molecule has 0 amide bonds. The fourth-order valence-corrected chi connectivity index (χ4v) is 0.871. The van der Waals surface area contributed by atoms with Crippen LogP contribution in [-0.4, -0.2) is 22.3 Å². The Morgan fingerprint density at radius 1 is 1.79 bits per heavy atom. The number of rotatable bonds is 5. The highest BCUT2D eigenvalue weighted by molar-refractivity contribution is 5.69. The standard InChI is InChI=1S/C9H13NO4/c1-3-6(2)13-8-4-7(14-10-8)5-9(11)12/h4,6H,3,5H2,1-2H3,(H,11,12)/t6-/m0/s1. The molecule has 1 N–H and O–H groups in total. The average molecular weight is 199 g/mol. The Balaban J connectivity index is 2.54. The van der Waals surface area contributed by atoms with E-state index in [1.165, 1.54) is 6.07 Å². The molecule has 1 rings (SSSR count). The lowest BCUT2D eigenvalue weighted by Crippen LogP contribution is -2.09. The summed E-state index contributed by atoms with van der Waals surface area (Å²) < 4.78 is 10.1. The van der Waals surface area contributed by atoms with Gasteiger partial charge in [-0.15, -0.1) is 0 Å². The molecule has 0 bridgehead atoms. The molecule has 0 saturated heterocycles. The van der Waals surface area contributed by atoms with Gasteiger partial charge in [0.15, 0.2) is 5.76 Å². The fourth-order valence-electron chi connectivity index (χ4n) is 0.871. The normalized spacial score (nSPS) is 12.4. The van der Waals surface area contributed by atoms with Gasteiger partial charge in [-0.25, -0.2) is 0 Å². The van der Waals surface area contributed by atoms with Crippen molar-refractivity contribution in [2.45, 2.75) is 32.8 Å². The molecule has 0 radical (unpaired) electrons. The average Bonchev–Trinajstić information content (AvgIpc) is 2.51. The molecule has 78 valence electrons. The third kappa shape index (κ3) is 3.08. The molecule has 0 aliphatic rings. The van der Waals surface area contributed by atoms with Gasteiger partial charge in [0, 0.05) is 6.07 Å². The van der Waals surface area contributed by atoms with Crippen molar-refractivity contribution >= 4 is 5.97 Å². The molecule has 0 unspecified atom stereocenters. The van der Waals surface area contributed by atoms with E-state index in [1.807, 2.05) is 13.8 Å². The lowest BCUT2D eigenvalue weighted by molar-refractivity contribution is -0.136. The molecule has 5 heteroatoms. The zero-order valence-electron chi connectivity index (χ0n) is 8.19. The van der Waals surface area contributed by atoms with Gasteiger partial charge in [-0.3, -0.25) is 4.79 Å². The molecule has 1 heterocycles. The van der Waals surface area contributed by atoms with E-state index in [0.717, 1.165) is 6.42 Å². The van der Waals surface area contributed by atoms with Crippen LogP contribution in [0.1, 0.15) is 26.0 Å². The van der Waals surface area contributed by atoms with E-state index in [9.17, 15) is 4.79 Å². The highest BCUT2D eigenvalue weighted by Gasteiger charge is 2.10. The number of ether oxygens (including phenoxy) is 1. The zero-order valence-corrected chi connectivity index (χ0v) is 8.19. The second kappa shape index (κ2) is 4.64. The number of aromatic nitrogens is 1. The topological polar surface area (TPSA) is 72.6 Å². The Morgan fingerprint density at radius 2 is 2.50 bits per heavy atom. The second-order valence-corrected chi connectivity index (χ2v) is 3.04. The summed E-state index contributed by atoms with van der Waals surface area (Å²) in [4.78, 5) is 10.3. The van der Waals surface area contributed by atoms with Crippen LogP contribution < -0.4 is 4.74 Å². The smallest absolute Gasteiger partial charge is 0.311 e. The first-order valence-corrected chi connectivity index (χ1v) is 4.46. The summed E-state index contributed by atoms with van der Waals surface area (Å²) in [5.41, 5.74) is 0. The predicted octanol–water partition coefficient (Wildman–Crippen LogP) is 1.48. The highest BCUT2D eigenvalue weighted by Crippen LogP contribution is 2.14. The Bertz CT molecular complexity index is 308. The van der Waals surface area contributed by atoms with Crippen LogP contribution in [0.2, 0.25) is 0 Å². The molecule has 1 aromatic rings. The number of carbonyl (C=O) groups is 1. The van der Waals surface area contributed by atoms with Gasteiger partial charge in [0.1, 0.15) is 6.42 Å². The van der Waals surface area contributed by atoms with Crippen molar-refractivity contribution in [2.24, 2.45) is 0 Å². The third-order valence-electron chi connectivity index (χ3n) is 1.76. The van der Waals surface area contributed by atoms with Crippen molar-refractivity contribution in [1.29, 1.82) is 0 Å². The molecule has 0 aliphatic heterocycles. The van der Waals surface area contributed by atoms with E-state index < -0.39 is 5.97 Å². The van der Waals surface area contributed by atoms with Crippen LogP contribution in [0.25, 0.3) is 0 Å². The summed E-state index contributed by atoms with van der Waals surface area (Å²) in [5.74, 6) is -0.303. The maximum Gasteiger partial charge on any atom is 0.311 e. The minimum atomic E-state index is -0.948. The number of nitrogens with zero attached hydrogens (tertiary/aromatic N) is 1. The van der Waals surface area contributed by atoms with Crippen LogP contribution in [-0.2, 0) is 11.2 Å². The van der Waals surface area contributed by atoms with Crippen molar-refractivity contribution in [2.75, 3.05) is 0 Å². The molecule has 0 fully saturated rings. The summed E-state index contributed by atoms with van der Waals surface area (Å²) in [6.45, 7) is 3.90. The van der Waals surface area contributed by atoms with E-state index in [4.69, 9.17) is 14.4 Å². The van der Waals surface area contributed by atoms with Crippen LogP contribution in [0.15, 0.2) is 10.6 Å². The monoisotopic (exact) mass is 199 g/mol. The molecule has 0 spiro atoms. The van der Waals surface area contributed by atoms with Crippen LogP contribution >= 0.6 is 0 Å². The van der Waals surface area contributed by atoms with Gasteiger partial charge in [0.05, 0.1) is 6.10 Å². The number of aliphatic carboxylic acids is 1. The van der Waals surface area contributed by atoms with Gasteiger partial charge in [0.2, 0.25) is 0 Å². The third-order valence-corrected chi connectivity index (χ3v) is 1.76. The van der Waals surface area contributed by atoms with Gasteiger partial charge >= 0.3 is 5.97 Å². The Labute approximate surface area is 81.7 Å². The fraction of sp³-hybridized carbons (Fsp3) is 0.556. The quantitative estimate of drug-likeness (QED) is 0.777. The van der Waals surface area contributed by atoms with Gasteiger partial charge < -0.3 is 14.4 Å². The maximum absolute atomic E-state index is 10.3. The minimum absolute atomic E-state index is 0.0535. The van der Waals surface area contributed by atoms with Crippen molar-refractivity contribution in [3.05, 3.63) is 11.8 Å². The van der Waals surface area contributed by atoms with Crippen LogP contribution in [0.3, 0.4) is 0 Å². The number of hydrogen-bond donors (Lipinski definition) is 1. The molecule has 0 aliphatic carbocycles. The molecule has 0 aromatic carbocycles. The summed E-state index contributed by atoms with van der Waals surface area (Å²) >= 11 is 0. The zero-order chi connectivity index (χ0) is 10.6. The van der Waals surface area contributed by atoms with Crippen molar-refractivity contribution in [3.8, 4) is 5.88 Å². The van der Waals surface area contributed by atoms with Gasteiger partial charge in [-0.2, -0.15) is 0 Å². The van der Waals surface area contributed by atoms with E-state index in [2.05, 4.69) is 5.16 Å². The summed E-state index contributed by atoms with van der Waals surface area (Å²) in [6.07, 6.45) is 0.746. The Hall–Kier alpha value is -1.52. The maximum atomic E-state index is 10.3. The molecule has 14 heavy (non-hydrogen) atoms. The molecule has 0 saturated carbocycles. The van der Waals surface area contributed by atoms with E-state index in [0.29, 0.717) is 11.6 Å². The summed E-state index contributed by atoms with van der Waals surface area (Å²) in [7, 11) is 0. The van der Waals surface area contributed by atoms with Crippen molar-refractivity contribution in [3.63, 3.8) is 0 Å². The molecule has 5 nitrogen and oxygen atoms in total. The van der Waals surface area contributed by atoms with Crippen LogP contribution in [0.5, 0.6) is 5.88 Å². The van der Waals surface area contributed by atoms with Crippen molar-refractivity contribution in [1.82, 2.24) is 5.16 Å². The van der Waals surface area contributed by atoms with Crippen LogP contribution in [0, 0.1) is 0 Å². The molecule has 1 aromatic heterocycles. The first-order chi connectivity index (χ1) is 6.61. The van der Waals surface area contributed by atoms with Crippen LogP contribution in [0.4, 0.5) is 0 Å². The van der Waals surface area contributed by atoms with Gasteiger partial charge in [-0.05, 0) is 18.5 Å². The molecular weight excluding hydrogens is 186 g/mol. The van der Waals surface area contributed by atoms with E-state index in [1.54, 1.807) is 0 Å². The first-order valence-electron chi connectivity index (χ1n) is 4.46. The molecule has 1 atom stereocenters. The first kappa shape index (κ1) is 10.6. The summed E-state index contributed by atoms with van der Waals surface area (Å²) in [6, 6.07) is 1.50. The number of carboxylic acid groups (broad SMARTS) is 1. The summed E-state index contributed by atoms with van der Waals surface area (Å²) in [5, 5.41) is 12.1. The SMILES string of the molecule is CC[C@H](C)Oc1cc(CC(=O)O)on1. The van der Waals surface area contributed by atoms with Gasteiger partial charge in [0.25, 0.3) is 5.88 Å². The number of hydrogen-bond acceptors (Lipinski definition) is 4. The van der Waals surface area contributed by atoms with E-state index >= 15 is 0 Å². The predicted molar refractivity (Wildman–Crippen MR) is 48.2 cm³/mol. The lowest BCUT2D eigenvalue weighted by Gasteiger charge is -2.07. The lowest BCUT2D eigenvalue weighted by atomic mass is 10.3. The number of carboxylic acids is 1. The largest absolute Gasteiger partial charge is 0.481 e. The highest BCUT2D eigenvalue weighted by atomic mass is 16.5. The Kier molecular flexibility index (Phi) is 3.50.